The number of anilines is 3. The molecule has 32 heavy (non-hydrogen) atoms. The van der Waals surface area contributed by atoms with E-state index in [1.165, 1.54) is 11.3 Å². The van der Waals surface area contributed by atoms with Gasteiger partial charge in [-0.15, -0.1) is 11.3 Å². The molecule has 3 N–H and O–H groups in total. The van der Waals surface area contributed by atoms with E-state index in [1.54, 1.807) is 29.2 Å². The van der Waals surface area contributed by atoms with Gasteiger partial charge in [-0.05, 0) is 49.2 Å². The molecule has 7 nitrogen and oxygen atoms in total. The van der Waals surface area contributed by atoms with E-state index in [2.05, 4.69) is 16.0 Å². The Kier molecular flexibility index (Phi) is 6.81. The third-order valence-corrected chi connectivity index (χ3v) is 6.27. The zero-order valence-electron chi connectivity index (χ0n) is 17.4. The predicted molar refractivity (Wildman–Crippen MR) is 127 cm³/mol. The fourth-order valence-corrected chi connectivity index (χ4v) is 4.45. The summed E-state index contributed by atoms with van der Waals surface area (Å²) in [4.78, 5) is 39.8. The topological polar surface area (TPSA) is 90.5 Å². The number of rotatable bonds is 5. The summed E-state index contributed by atoms with van der Waals surface area (Å²) in [5, 5.41) is 9.04. The van der Waals surface area contributed by atoms with E-state index >= 15 is 0 Å². The number of amides is 4. The minimum atomic E-state index is -0.359. The fraction of sp³-hybridized carbons (Fsp3) is 0.208. The summed E-state index contributed by atoms with van der Waals surface area (Å²) in [5.41, 5.74) is 1.47. The summed E-state index contributed by atoms with van der Waals surface area (Å²) in [7, 11) is 0. The van der Waals surface area contributed by atoms with Crippen LogP contribution in [0.4, 0.5) is 21.2 Å². The maximum absolute atomic E-state index is 12.9. The molecule has 0 bridgehead atoms. The van der Waals surface area contributed by atoms with Crippen LogP contribution in [0, 0.1) is 5.92 Å². The second-order valence-electron chi connectivity index (χ2n) is 7.53. The van der Waals surface area contributed by atoms with Crippen molar-refractivity contribution in [2.75, 3.05) is 29.0 Å². The van der Waals surface area contributed by atoms with E-state index in [0.717, 1.165) is 5.69 Å². The lowest BCUT2D eigenvalue weighted by Gasteiger charge is -2.31. The molecule has 0 atom stereocenters. The van der Waals surface area contributed by atoms with Crippen molar-refractivity contribution in [2.24, 2.45) is 5.92 Å². The zero-order valence-corrected chi connectivity index (χ0v) is 18.2. The van der Waals surface area contributed by atoms with Crippen molar-refractivity contribution >= 4 is 45.6 Å². The Balaban J connectivity index is 1.27. The molecule has 3 aromatic rings. The van der Waals surface area contributed by atoms with E-state index in [4.69, 9.17) is 0 Å². The Morgan fingerprint density at radius 2 is 1.34 bits per heavy atom. The van der Waals surface area contributed by atoms with E-state index in [-0.39, 0.29) is 23.8 Å². The molecule has 1 saturated heterocycles. The van der Waals surface area contributed by atoms with E-state index < -0.39 is 0 Å². The number of thiophene rings is 1. The third kappa shape index (κ3) is 5.53. The highest BCUT2D eigenvalue weighted by atomic mass is 32.1. The molecule has 2 aromatic carbocycles. The molecule has 1 fully saturated rings. The Bertz CT molecular complexity index is 1080. The third-order valence-electron chi connectivity index (χ3n) is 5.28. The first kappa shape index (κ1) is 21.6. The first-order chi connectivity index (χ1) is 15.6. The van der Waals surface area contributed by atoms with Crippen molar-refractivity contribution in [2.45, 2.75) is 12.8 Å². The van der Waals surface area contributed by atoms with Crippen LogP contribution in [0.3, 0.4) is 0 Å². The van der Waals surface area contributed by atoms with Crippen molar-refractivity contribution in [3.63, 3.8) is 0 Å². The predicted octanol–water partition coefficient (Wildman–Crippen LogP) is 4.88. The van der Waals surface area contributed by atoms with Gasteiger partial charge in [-0.3, -0.25) is 14.9 Å². The van der Waals surface area contributed by atoms with Gasteiger partial charge in [-0.25, -0.2) is 4.79 Å². The number of para-hydroxylation sites is 2. The van der Waals surface area contributed by atoms with Crippen LogP contribution in [0.25, 0.3) is 0 Å². The summed E-state index contributed by atoms with van der Waals surface area (Å²) in [6.45, 7) is 1.06. The monoisotopic (exact) mass is 448 g/mol. The molecule has 1 aliphatic rings. The number of carbonyl (C=O) groups is 3. The van der Waals surface area contributed by atoms with Gasteiger partial charge in [0.15, 0.2) is 0 Å². The highest BCUT2D eigenvalue weighted by Gasteiger charge is 2.28. The molecule has 4 rings (SSSR count). The zero-order chi connectivity index (χ0) is 22.3. The Morgan fingerprint density at radius 1 is 0.750 bits per heavy atom. The Labute approximate surface area is 190 Å². The summed E-state index contributed by atoms with van der Waals surface area (Å²) >= 11 is 1.24. The van der Waals surface area contributed by atoms with Crippen molar-refractivity contribution in [3.8, 4) is 0 Å². The van der Waals surface area contributed by atoms with Gasteiger partial charge in [0.25, 0.3) is 5.91 Å². The minimum absolute atomic E-state index is 0.00432. The molecule has 0 aliphatic carbocycles. The molecule has 0 radical (unpaired) electrons. The second kappa shape index (κ2) is 10.1. The van der Waals surface area contributed by atoms with Gasteiger partial charge in [0, 0.05) is 30.4 Å². The summed E-state index contributed by atoms with van der Waals surface area (Å²) in [6, 6.07) is 21.6. The van der Waals surface area contributed by atoms with E-state index in [0.29, 0.717) is 41.5 Å². The maximum Gasteiger partial charge on any atom is 0.324 e. The van der Waals surface area contributed by atoms with Crippen LogP contribution < -0.4 is 16.0 Å². The van der Waals surface area contributed by atoms with Crippen LogP contribution in [0.5, 0.6) is 0 Å². The van der Waals surface area contributed by atoms with Gasteiger partial charge in [-0.1, -0.05) is 36.4 Å². The number of nitrogens with zero attached hydrogens (tertiary/aromatic N) is 1. The highest BCUT2D eigenvalue weighted by Crippen LogP contribution is 2.26. The molecular weight excluding hydrogens is 424 g/mol. The van der Waals surface area contributed by atoms with Crippen LogP contribution >= 0.6 is 11.3 Å². The molecule has 0 saturated carbocycles. The number of nitrogens with one attached hydrogen (secondary N) is 3. The normalized spacial score (nSPS) is 13.9. The standard InChI is InChI=1S/C24H24N4O3S/c29-22(25-18-7-3-1-4-8-18)17-13-15-28(16-14-17)23(30)20-11-12-21(32-20)27-24(31)26-19-9-5-2-6-10-19/h1-12,17H,13-16H2,(H,25,29)(H2,26,27,31). The van der Waals surface area contributed by atoms with Crippen molar-refractivity contribution < 1.29 is 14.4 Å². The van der Waals surface area contributed by atoms with Gasteiger partial charge in [0.2, 0.25) is 5.91 Å². The number of benzene rings is 2. The van der Waals surface area contributed by atoms with Gasteiger partial charge < -0.3 is 15.5 Å². The van der Waals surface area contributed by atoms with Gasteiger partial charge in [-0.2, -0.15) is 0 Å². The quantitative estimate of drug-likeness (QED) is 0.519. The Morgan fingerprint density at radius 3 is 1.97 bits per heavy atom. The molecule has 4 amide bonds. The maximum atomic E-state index is 12.9. The van der Waals surface area contributed by atoms with Crippen LogP contribution in [-0.4, -0.2) is 35.8 Å². The molecular formula is C24H24N4O3S. The molecule has 0 unspecified atom stereocenters. The number of likely N-dealkylation sites (tertiary alicyclic amines) is 1. The van der Waals surface area contributed by atoms with Crippen LogP contribution in [0.15, 0.2) is 72.8 Å². The largest absolute Gasteiger partial charge is 0.338 e. The fourth-order valence-electron chi connectivity index (χ4n) is 3.58. The number of hydrogen-bond acceptors (Lipinski definition) is 4. The van der Waals surface area contributed by atoms with Gasteiger partial charge in [0.05, 0.1) is 9.88 Å². The number of urea groups is 1. The number of hydrogen-bond donors (Lipinski definition) is 3. The lowest BCUT2D eigenvalue weighted by molar-refractivity contribution is -0.121. The summed E-state index contributed by atoms with van der Waals surface area (Å²) < 4.78 is 0. The van der Waals surface area contributed by atoms with Gasteiger partial charge >= 0.3 is 6.03 Å². The molecule has 1 aromatic heterocycles. The van der Waals surface area contributed by atoms with Crippen LogP contribution in [0.2, 0.25) is 0 Å². The first-order valence-corrected chi connectivity index (χ1v) is 11.3. The lowest BCUT2D eigenvalue weighted by Crippen LogP contribution is -2.41. The highest BCUT2D eigenvalue weighted by molar-refractivity contribution is 7.18. The summed E-state index contributed by atoms with van der Waals surface area (Å²) in [5.74, 6) is -0.190. The molecule has 164 valence electrons. The average Bonchev–Trinajstić information content (AvgIpc) is 3.28. The second-order valence-corrected chi connectivity index (χ2v) is 8.61. The molecule has 8 heteroatoms. The van der Waals surface area contributed by atoms with Gasteiger partial charge in [0.1, 0.15) is 0 Å². The molecule has 1 aliphatic heterocycles. The van der Waals surface area contributed by atoms with Crippen molar-refractivity contribution in [3.05, 3.63) is 77.7 Å². The first-order valence-electron chi connectivity index (χ1n) is 10.5. The smallest absolute Gasteiger partial charge is 0.324 e. The lowest BCUT2D eigenvalue weighted by atomic mass is 9.95. The van der Waals surface area contributed by atoms with Crippen LogP contribution in [0.1, 0.15) is 22.5 Å². The van der Waals surface area contributed by atoms with E-state index in [9.17, 15) is 14.4 Å². The minimum Gasteiger partial charge on any atom is -0.338 e. The van der Waals surface area contributed by atoms with Crippen molar-refractivity contribution in [1.82, 2.24) is 4.90 Å². The number of carbonyl (C=O) groups excluding carboxylic acids is 3. The Hall–Kier alpha value is -3.65. The van der Waals surface area contributed by atoms with E-state index in [1.807, 2.05) is 48.5 Å². The van der Waals surface area contributed by atoms with Crippen molar-refractivity contribution in [1.29, 1.82) is 0 Å². The number of piperidine rings is 1. The SMILES string of the molecule is O=C(Nc1ccccc1)Nc1ccc(C(=O)N2CCC(C(=O)Nc3ccccc3)CC2)s1. The van der Waals surface area contributed by atoms with Crippen LogP contribution in [-0.2, 0) is 4.79 Å². The average molecular weight is 449 g/mol. The molecule has 2 heterocycles. The summed E-state index contributed by atoms with van der Waals surface area (Å²) in [6.07, 6.45) is 1.25. The molecule has 0 spiro atoms.